The Bertz CT molecular complexity index is 1590. The quantitative estimate of drug-likeness (QED) is 0.337. The normalized spacial score (nSPS) is 23.2. The van der Waals surface area contributed by atoms with Crippen LogP contribution in [0.2, 0.25) is 0 Å². The summed E-state index contributed by atoms with van der Waals surface area (Å²) in [7, 11) is 0. The molecule has 7 nitrogen and oxygen atoms in total. The maximum absolute atomic E-state index is 15.2. The highest BCUT2D eigenvalue weighted by Gasteiger charge is 2.47. The molecule has 1 unspecified atom stereocenters. The molecule has 7 rings (SSSR count). The minimum atomic E-state index is -2.99. The Morgan fingerprint density at radius 1 is 0.935 bits per heavy atom. The van der Waals surface area contributed by atoms with Gasteiger partial charge in [0.25, 0.3) is 5.92 Å². The molecule has 244 valence electrons. The van der Waals surface area contributed by atoms with E-state index in [0.717, 1.165) is 78.5 Å². The van der Waals surface area contributed by atoms with Gasteiger partial charge in [0.2, 0.25) is 0 Å². The van der Waals surface area contributed by atoms with Crippen molar-refractivity contribution in [1.82, 2.24) is 19.8 Å². The predicted octanol–water partition coefficient (Wildman–Crippen LogP) is 5.81. The summed E-state index contributed by atoms with van der Waals surface area (Å²) in [4.78, 5) is 18.0. The lowest BCUT2D eigenvalue weighted by Crippen LogP contribution is -2.57. The van der Waals surface area contributed by atoms with Gasteiger partial charge in [0, 0.05) is 74.5 Å². The van der Waals surface area contributed by atoms with Crippen LogP contribution in [0.15, 0.2) is 66.3 Å². The lowest BCUT2D eigenvalue weighted by molar-refractivity contribution is -0.0724. The van der Waals surface area contributed by atoms with E-state index in [4.69, 9.17) is 5.73 Å². The molecular formula is C36H44F3N7. The van der Waals surface area contributed by atoms with Crippen LogP contribution in [0.5, 0.6) is 0 Å². The summed E-state index contributed by atoms with van der Waals surface area (Å²) in [6.45, 7) is 7.15. The van der Waals surface area contributed by atoms with Gasteiger partial charge < -0.3 is 20.4 Å². The SMILES string of the molecule is Cc1ccc(N2CCC[C@H](N(CC3=C(N4CCC(N)C(F)(F)C4)N(C4CC4)c4ccc(F)cc4C3)Cc3ccnc(C)c3)C2)cn1. The molecule has 1 saturated carbocycles. The molecule has 0 radical (unpaired) electrons. The summed E-state index contributed by atoms with van der Waals surface area (Å²) >= 11 is 0. The van der Waals surface area contributed by atoms with Gasteiger partial charge in [-0.1, -0.05) is 0 Å². The van der Waals surface area contributed by atoms with E-state index in [1.54, 1.807) is 6.07 Å². The minimum Gasteiger partial charge on any atom is -0.369 e. The Balaban J connectivity index is 1.28. The number of nitrogens with two attached hydrogens (primary N) is 1. The van der Waals surface area contributed by atoms with Gasteiger partial charge >= 0.3 is 0 Å². The Hall–Kier alpha value is -3.63. The van der Waals surface area contributed by atoms with Crippen LogP contribution in [0.3, 0.4) is 0 Å². The molecule has 46 heavy (non-hydrogen) atoms. The molecule has 2 atom stereocenters. The molecule has 5 heterocycles. The number of aromatic nitrogens is 2. The first-order valence-electron chi connectivity index (χ1n) is 16.7. The van der Waals surface area contributed by atoms with Crippen molar-refractivity contribution in [3.05, 3.63) is 94.6 Å². The molecule has 3 aliphatic heterocycles. The third kappa shape index (κ3) is 6.47. The molecule has 2 saturated heterocycles. The number of nitrogens with zero attached hydrogens (tertiary/aromatic N) is 6. The number of anilines is 2. The number of hydrogen-bond acceptors (Lipinski definition) is 7. The number of aryl methyl sites for hydroxylation is 2. The van der Waals surface area contributed by atoms with Crippen LogP contribution < -0.4 is 15.5 Å². The Morgan fingerprint density at radius 3 is 2.52 bits per heavy atom. The van der Waals surface area contributed by atoms with Crippen LogP contribution in [-0.2, 0) is 13.0 Å². The van der Waals surface area contributed by atoms with Gasteiger partial charge in [0.15, 0.2) is 0 Å². The topological polar surface area (TPSA) is 64.8 Å². The van der Waals surface area contributed by atoms with E-state index >= 15 is 8.78 Å². The van der Waals surface area contributed by atoms with Crippen molar-refractivity contribution < 1.29 is 13.2 Å². The zero-order chi connectivity index (χ0) is 32.0. The summed E-state index contributed by atoms with van der Waals surface area (Å²) < 4.78 is 45.2. The summed E-state index contributed by atoms with van der Waals surface area (Å²) in [5.74, 6) is -2.39. The first-order chi connectivity index (χ1) is 22.1. The van der Waals surface area contributed by atoms with Gasteiger partial charge in [0.1, 0.15) is 11.6 Å². The third-order valence-electron chi connectivity index (χ3n) is 10.0. The molecule has 3 aromatic rings. The molecule has 0 spiro atoms. The first-order valence-corrected chi connectivity index (χ1v) is 16.7. The molecule has 10 heteroatoms. The van der Waals surface area contributed by atoms with Crippen molar-refractivity contribution in [2.24, 2.45) is 5.73 Å². The molecule has 4 aliphatic rings. The average molecular weight is 632 g/mol. The summed E-state index contributed by atoms with van der Waals surface area (Å²) in [5.41, 5.74) is 13.1. The number of piperidine rings is 2. The van der Waals surface area contributed by atoms with Crippen LogP contribution >= 0.6 is 0 Å². The average Bonchev–Trinajstić information content (AvgIpc) is 3.87. The number of halogens is 3. The highest BCUT2D eigenvalue weighted by atomic mass is 19.3. The van der Waals surface area contributed by atoms with Crippen LogP contribution in [0.4, 0.5) is 24.5 Å². The Kier molecular flexibility index (Phi) is 8.44. The van der Waals surface area contributed by atoms with Crippen LogP contribution in [-0.4, -0.2) is 76.5 Å². The van der Waals surface area contributed by atoms with E-state index in [0.29, 0.717) is 26.1 Å². The number of pyridine rings is 2. The fourth-order valence-corrected chi connectivity index (χ4v) is 7.50. The fraction of sp³-hybridized carbons (Fsp3) is 0.500. The van der Waals surface area contributed by atoms with Gasteiger partial charge in [-0.2, -0.15) is 0 Å². The standard InChI is InChI=1S/C36H44F3N7/c1-24-5-7-31(19-42-24)43-14-3-4-32(22-43)45(20-26-11-13-41-25(2)16-26)21-28-17-27-18-29(37)6-10-33(27)46(30-8-9-30)35(28)44-15-12-34(40)36(38,39)23-44/h5-7,10-11,13,16,18-19,30,32,34H,3-4,8-9,12,14-15,17,20-23,40H2,1-2H3/t32-,34?/m0/s1. The van der Waals surface area contributed by atoms with Crippen molar-refractivity contribution in [3.8, 4) is 0 Å². The minimum absolute atomic E-state index is 0.217. The number of likely N-dealkylation sites (tertiary alicyclic amines) is 1. The molecule has 3 fully saturated rings. The lowest BCUT2D eigenvalue weighted by atomic mass is 9.93. The second-order valence-electron chi connectivity index (χ2n) is 13.7. The number of fused-ring (bicyclic) bond motifs is 1. The molecular weight excluding hydrogens is 587 g/mol. The number of rotatable bonds is 8. The van der Waals surface area contributed by atoms with Gasteiger partial charge in [-0.05, 0) is 105 Å². The van der Waals surface area contributed by atoms with Crippen molar-refractivity contribution in [3.63, 3.8) is 0 Å². The van der Waals surface area contributed by atoms with Crippen LogP contribution in [0.25, 0.3) is 0 Å². The van der Waals surface area contributed by atoms with Crippen molar-refractivity contribution >= 4 is 11.4 Å². The second kappa shape index (κ2) is 12.5. The van der Waals surface area contributed by atoms with Gasteiger partial charge in [-0.3, -0.25) is 14.9 Å². The Morgan fingerprint density at radius 2 is 1.78 bits per heavy atom. The summed E-state index contributed by atoms with van der Waals surface area (Å²) in [5, 5.41) is 0. The monoisotopic (exact) mass is 631 g/mol. The molecule has 1 aromatic carbocycles. The molecule has 0 amide bonds. The highest BCUT2D eigenvalue weighted by molar-refractivity contribution is 5.65. The highest BCUT2D eigenvalue weighted by Crippen LogP contribution is 2.44. The lowest BCUT2D eigenvalue weighted by Gasteiger charge is -2.47. The number of benzene rings is 1. The van der Waals surface area contributed by atoms with E-state index in [1.165, 1.54) is 11.6 Å². The van der Waals surface area contributed by atoms with Crippen molar-refractivity contribution in [2.45, 2.75) is 83.0 Å². The van der Waals surface area contributed by atoms with Crippen LogP contribution in [0.1, 0.15) is 54.6 Å². The second-order valence-corrected chi connectivity index (χ2v) is 13.7. The van der Waals surface area contributed by atoms with E-state index in [2.05, 4.69) is 48.9 Å². The molecule has 0 bridgehead atoms. The molecule has 2 aromatic heterocycles. The van der Waals surface area contributed by atoms with E-state index < -0.39 is 18.5 Å². The van der Waals surface area contributed by atoms with E-state index in [9.17, 15) is 4.39 Å². The van der Waals surface area contributed by atoms with Gasteiger partial charge in [-0.15, -0.1) is 0 Å². The fourth-order valence-electron chi connectivity index (χ4n) is 7.50. The maximum atomic E-state index is 15.2. The van der Waals surface area contributed by atoms with Gasteiger partial charge in [0.05, 0.1) is 24.5 Å². The van der Waals surface area contributed by atoms with Crippen molar-refractivity contribution in [1.29, 1.82) is 0 Å². The maximum Gasteiger partial charge on any atom is 0.280 e. The van der Waals surface area contributed by atoms with Gasteiger partial charge in [-0.25, -0.2) is 13.2 Å². The van der Waals surface area contributed by atoms with E-state index in [1.807, 2.05) is 37.2 Å². The molecule has 2 N–H and O–H groups in total. The third-order valence-corrected chi connectivity index (χ3v) is 10.0. The van der Waals surface area contributed by atoms with Crippen LogP contribution in [0, 0.1) is 19.7 Å². The largest absolute Gasteiger partial charge is 0.369 e. The summed E-state index contributed by atoms with van der Waals surface area (Å²) in [6.07, 6.45) is 8.58. The number of hydrogen-bond donors (Lipinski definition) is 1. The predicted molar refractivity (Wildman–Crippen MR) is 175 cm³/mol. The zero-order valence-corrected chi connectivity index (χ0v) is 26.8. The Labute approximate surface area is 269 Å². The molecule has 1 aliphatic carbocycles. The summed E-state index contributed by atoms with van der Waals surface area (Å²) in [6, 6.07) is 12.6. The van der Waals surface area contributed by atoms with E-state index in [-0.39, 0.29) is 24.3 Å². The first kappa shape index (κ1) is 31.0. The number of alkyl halides is 2. The van der Waals surface area contributed by atoms with Crippen molar-refractivity contribution in [2.75, 3.05) is 42.5 Å². The zero-order valence-electron chi connectivity index (χ0n) is 26.8. The smallest absolute Gasteiger partial charge is 0.280 e.